The summed E-state index contributed by atoms with van der Waals surface area (Å²) < 4.78 is 0. The SMILES string of the molecule is CCCC(Cl)CNc1ccncc1. The summed E-state index contributed by atoms with van der Waals surface area (Å²) in [6, 6.07) is 3.88. The summed E-state index contributed by atoms with van der Waals surface area (Å²) in [5, 5.41) is 3.48. The predicted molar refractivity (Wildman–Crippen MR) is 57.3 cm³/mol. The second-order valence-corrected chi connectivity index (χ2v) is 3.62. The van der Waals surface area contributed by atoms with Crippen LogP contribution in [0.1, 0.15) is 19.8 Å². The van der Waals surface area contributed by atoms with Crippen LogP contribution in [0.2, 0.25) is 0 Å². The lowest BCUT2D eigenvalue weighted by molar-refractivity contribution is 0.752. The first-order valence-corrected chi connectivity index (χ1v) is 5.04. The molecule has 2 nitrogen and oxygen atoms in total. The monoisotopic (exact) mass is 198 g/mol. The van der Waals surface area contributed by atoms with Crippen LogP contribution in [0.4, 0.5) is 5.69 Å². The maximum Gasteiger partial charge on any atom is 0.0508 e. The van der Waals surface area contributed by atoms with Gasteiger partial charge in [0.25, 0.3) is 0 Å². The van der Waals surface area contributed by atoms with E-state index < -0.39 is 0 Å². The quantitative estimate of drug-likeness (QED) is 0.736. The van der Waals surface area contributed by atoms with Gasteiger partial charge in [0.1, 0.15) is 0 Å². The van der Waals surface area contributed by atoms with Crippen LogP contribution in [0.25, 0.3) is 0 Å². The molecule has 0 spiro atoms. The molecule has 0 saturated heterocycles. The van der Waals surface area contributed by atoms with Gasteiger partial charge in [0.05, 0.1) is 5.38 Å². The number of alkyl halides is 1. The molecule has 1 heterocycles. The average Bonchev–Trinajstić information content (AvgIpc) is 2.17. The van der Waals surface area contributed by atoms with Gasteiger partial charge in [0.15, 0.2) is 0 Å². The van der Waals surface area contributed by atoms with Gasteiger partial charge in [-0.3, -0.25) is 4.98 Å². The van der Waals surface area contributed by atoms with E-state index in [-0.39, 0.29) is 5.38 Å². The van der Waals surface area contributed by atoms with Crippen LogP contribution >= 0.6 is 11.6 Å². The molecule has 1 unspecified atom stereocenters. The number of pyridine rings is 1. The van der Waals surface area contributed by atoms with E-state index in [1.54, 1.807) is 12.4 Å². The molecule has 0 radical (unpaired) electrons. The van der Waals surface area contributed by atoms with Crippen LogP contribution in [0.15, 0.2) is 24.5 Å². The summed E-state index contributed by atoms with van der Waals surface area (Å²) in [6.07, 6.45) is 5.72. The Bertz CT molecular complexity index is 226. The summed E-state index contributed by atoms with van der Waals surface area (Å²) in [5.74, 6) is 0. The van der Waals surface area contributed by atoms with Crippen molar-refractivity contribution in [2.45, 2.75) is 25.1 Å². The molecule has 1 aromatic rings. The summed E-state index contributed by atoms with van der Waals surface area (Å²) in [7, 11) is 0. The van der Waals surface area contributed by atoms with E-state index in [9.17, 15) is 0 Å². The minimum atomic E-state index is 0.221. The van der Waals surface area contributed by atoms with Gasteiger partial charge in [-0.05, 0) is 18.6 Å². The van der Waals surface area contributed by atoms with Crippen molar-refractivity contribution in [3.63, 3.8) is 0 Å². The highest BCUT2D eigenvalue weighted by molar-refractivity contribution is 6.20. The molecule has 0 amide bonds. The molecule has 1 aromatic heterocycles. The maximum absolute atomic E-state index is 6.05. The third-order valence-electron chi connectivity index (χ3n) is 1.81. The molecule has 0 aromatic carbocycles. The topological polar surface area (TPSA) is 24.9 Å². The molecule has 1 atom stereocenters. The zero-order chi connectivity index (χ0) is 9.52. The molecular weight excluding hydrogens is 184 g/mol. The van der Waals surface area contributed by atoms with Gasteiger partial charge in [-0.2, -0.15) is 0 Å². The van der Waals surface area contributed by atoms with Gasteiger partial charge in [-0.25, -0.2) is 0 Å². The largest absolute Gasteiger partial charge is 0.383 e. The Kier molecular flexibility index (Phi) is 4.61. The van der Waals surface area contributed by atoms with Crippen molar-refractivity contribution >= 4 is 17.3 Å². The minimum Gasteiger partial charge on any atom is -0.383 e. The van der Waals surface area contributed by atoms with E-state index in [1.807, 2.05) is 12.1 Å². The van der Waals surface area contributed by atoms with Crippen molar-refractivity contribution in [3.05, 3.63) is 24.5 Å². The normalized spacial score (nSPS) is 12.5. The number of hydrogen-bond donors (Lipinski definition) is 1. The highest BCUT2D eigenvalue weighted by Gasteiger charge is 2.01. The van der Waals surface area contributed by atoms with E-state index in [1.165, 1.54) is 0 Å². The molecule has 72 valence electrons. The molecule has 1 rings (SSSR count). The highest BCUT2D eigenvalue weighted by Crippen LogP contribution is 2.08. The fourth-order valence-corrected chi connectivity index (χ4v) is 1.41. The number of hydrogen-bond acceptors (Lipinski definition) is 2. The van der Waals surface area contributed by atoms with Crippen molar-refractivity contribution in [2.75, 3.05) is 11.9 Å². The van der Waals surface area contributed by atoms with Crippen molar-refractivity contribution in [2.24, 2.45) is 0 Å². The van der Waals surface area contributed by atoms with Crippen molar-refractivity contribution < 1.29 is 0 Å². The number of anilines is 1. The maximum atomic E-state index is 6.05. The third-order valence-corrected chi connectivity index (χ3v) is 2.18. The van der Waals surface area contributed by atoms with E-state index in [0.29, 0.717) is 0 Å². The third kappa shape index (κ3) is 4.13. The Hall–Kier alpha value is -0.760. The molecule has 1 N–H and O–H groups in total. The smallest absolute Gasteiger partial charge is 0.0508 e. The molecule has 0 fully saturated rings. The Morgan fingerprint density at radius 3 is 2.77 bits per heavy atom. The van der Waals surface area contributed by atoms with E-state index in [4.69, 9.17) is 11.6 Å². The lowest BCUT2D eigenvalue weighted by atomic mass is 10.2. The van der Waals surface area contributed by atoms with Crippen LogP contribution in [0.3, 0.4) is 0 Å². The Morgan fingerprint density at radius 1 is 1.46 bits per heavy atom. The molecule has 3 heteroatoms. The summed E-state index contributed by atoms with van der Waals surface area (Å²) in [5.41, 5.74) is 1.08. The summed E-state index contributed by atoms with van der Waals surface area (Å²) in [6.45, 7) is 2.96. The first kappa shape index (κ1) is 10.3. The Balaban J connectivity index is 2.27. The number of nitrogens with one attached hydrogen (secondary N) is 1. The zero-order valence-electron chi connectivity index (χ0n) is 7.83. The molecule has 0 aliphatic rings. The fraction of sp³-hybridized carbons (Fsp3) is 0.500. The van der Waals surface area contributed by atoms with Crippen molar-refractivity contribution in [1.82, 2.24) is 4.98 Å². The molecule has 0 aliphatic carbocycles. The first-order valence-electron chi connectivity index (χ1n) is 4.61. The average molecular weight is 199 g/mol. The van der Waals surface area contributed by atoms with E-state index >= 15 is 0 Å². The van der Waals surface area contributed by atoms with Crippen LogP contribution in [-0.2, 0) is 0 Å². The molecule has 0 bridgehead atoms. The van der Waals surface area contributed by atoms with Gasteiger partial charge in [-0.1, -0.05) is 13.3 Å². The van der Waals surface area contributed by atoms with Crippen molar-refractivity contribution in [3.8, 4) is 0 Å². The van der Waals surface area contributed by atoms with Gasteiger partial charge in [-0.15, -0.1) is 11.6 Å². The molecule has 0 saturated carbocycles. The molecular formula is C10H15ClN2. The lowest BCUT2D eigenvalue weighted by Gasteiger charge is -2.10. The van der Waals surface area contributed by atoms with E-state index in [2.05, 4.69) is 17.2 Å². The van der Waals surface area contributed by atoms with Crippen LogP contribution in [-0.4, -0.2) is 16.9 Å². The number of nitrogens with zero attached hydrogens (tertiary/aromatic N) is 1. The number of rotatable bonds is 5. The molecule has 0 aliphatic heterocycles. The highest BCUT2D eigenvalue weighted by atomic mass is 35.5. The predicted octanol–water partition coefficient (Wildman–Crippen LogP) is 2.90. The zero-order valence-corrected chi connectivity index (χ0v) is 8.59. The molecule has 13 heavy (non-hydrogen) atoms. The first-order chi connectivity index (χ1) is 6.33. The van der Waals surface area contributed by atoms with E-state index in [0.717, 1.165) is 25.1 Å². The lowest BCUT2D eigenvalue weighted by Crippen LogP contribution is -2.13. The second kappa shape index (κ2) is 5.81. The summed E-state index contributed by atoms with van der Waals surface area (Å²) in [4.78, 5) is 3.94. The standard InChI is InChI=1S/C10H15ClN2/c1-2-3-9(11)8-13-10-4-6-12-7-5-10/h4-7,9H,2-3,8H2,1H3,(H,12,13). The van der Waals surface area contributed by atoms with Crippen LogP contribution < -0.4 is 5.32 Å². The Morgan fingerprint density at radius 2 is 2.15 bits per heavy atom. The van der Waals surface area contributed by atoms with Gasteiger partial charge in [0.2, 0.25) is 0 Å². The minimum absolute atomic E-state index is 0.221. The van der Waals surface area contributed by atoms with Gasteiger partial charge >= 0.3 is 0 Å². The van der Waals surface area contributed by atoms with Crippen LogP contribution in [0.5, 0.6) is 0 Å². The van der Waals surface area contributed by atoms with Crippen molar-refractivity contribution in [1.29, 1.82) is 0 Å². The van der Waals surface area contributed by atoms with Gasteiger partial charge in [0, 0.05) is 24.6 Å². The number of halogens is 1. The van der Waals surface area contributed by atoms with Crippen LogP contribution in [0, 0.1) is 0 Å². The van der Waals surface area contributed by atoms with Gasteiger partial charge < -0.3 is 5.32 Å². The number of aromatic nitrogens is 1. The fourth-order valence-electron chi connectivity index (χ4n) is 1.11. The second-order valence-electron chi connectivity index (χ2n) is 3.00. The summed E-state index contributed by atoms with van der Waals surface area (Å²) >= 11 is 6.05. The Labute approximate surface area is 84.3 Å².